The first kappa shape index (κ1) is 25.9. The van der Waals surface area contributed by atoms with Gasteiger partial charge < -0.3 is 4.57 Å². The summed E-state index contributed by atoms with van der Waals surface area (Å²) in [6, 6.07) is 26.2. The molecule has 190 valence electrons. The van der Waals surface area contributed by atoms with Crippen LogP contribution in [0.3, 0.4) is 0 Å². The van der Waals surface area contributed by atoms with Gasteiger partial charge in [0.15, 0.2) is 0 Å². The van der Waals surface area contributed by atoms with Gasteiger partial charge in [0, 0.05) is 28.2 Å². The van der Waals surface area contributed by atoms with Crippen molar-refractivity contribution < 1.29 is 13.2 Å². The number of benzene rings is 3. The SMILES string of the molecule is Cc1ccccc1CN(c1ccc(C(=O)N/N=C\c2cc(C)n(-c3ccccc3)c2C)cc1)S(C)(=O)=O. The van der Waals surface area contributed by atoms with Gasteiger partial charge in [0.25, 0.3) is 5.91 Å². The van der Waals surface area contributed by atoms with Gasteiger partial charge in [-0.1, -0.05) is 42.5 Å². The number of nitrogens with one attached hydrogen (secondary N) is 1. The molecule has 0 saturated carbocycles. The molecule has 0 fully saturated rings. The Hall–Kier alpha value is -4.17. The lowest BCUT2D eigenvalue weighted by Crippen LogP contribution is -2.29. The maximum Gasteiger partial charge on any atom is 0.271 e. The number of hydrogen-bond donors (Lipinski definition) is 1. The first-order chi connectivity index (χ1) is 17.6. The Kier molecular flexibility index (Phi) is 7.59. The number of anilines is 1. The molecule has 0 bridgehead atoms. The Morgan fingerprint density at radius 2 is 1.59 bits per heavy atom. The molecule has 7 nitrogen and oxygen atoms in total. The van der Waals surface area contributed by atoms with Gasteiger partial charge in [0.1, 0.15) is 0 Å². The van der Waals surface area contributed by atoms with Crippen LogP contribution in [-0.2, 0) is 16.6 Å². The van der Waals surface area contributed by atoms with Crippen LogP contribution in [0.4, 0.5) is 5.69 Å². The minimum Gasteiger partial charge on any atom is -0.318 e. The van der Waals surface area contributed by atoms with E-state index in [1.165, 1.54) is 10.6 Å². The molecule has 4 aromatic rings. The van der Waals surface area contributed by atoms with Gasteiger partial charge in [-0.2, -0.15) is 5.10 Å². The minimum absolute atomic E-state index is 0.211. The van der Waals surface area contributed by atoms with E-state index in [4.69, 9.17) is 0 Å². The number of nitrogens with zero attached hydrogens (tertiary/aromatic N) is 3. The van der Waals surface area contributed by atoms with E-state index in [2.05, 4.69) is 15.1 Å². The van der Waals surface area contributed by atoms with E-state index < -0.39 is 10.0 Å². The third kappa shape index (κ3) is 5.98. The van der Waals surface area contributed by atoms with Gasteiger partial charge in [0.2, 0.25) is 10.0 Å². The van der Waals surface area contributed by atoms with Crippen LogP contribution in [0.2, 0.25) is 0 Å². The zero-order valence-corrected chi connectivity index (χ0v) is 22.2. The van der Waals surface area contributed by atoms with Crippen molar-refractivity contribution in [1.82, 2.24) is 9.99 Å². The predicted molar refractivity (Wildman–Crippen MR) is 149 cm³/mol. The Bertz CT molecular complexity index is 1540. The molecule has 8 heteroatoms. The molecule has 1 aromatic heterocycles. The molecule has 0 saturated heterocycles. The summed E-state index contributed by atoms with van der Waals surface area (Å²) in [5.41, 5.74) is 9.38. The maximum atomic E-state index is 12.7. The van der Waals surface area contributed by atoms with Crippen molar-refractivity contribution in [2.75, 3.05) is 10.6 Å². The molecule has 1 heterocycles. The summed E-state index contributed by atoms with van der Waals surface area (Å²) in [7, 11) is -3.53. The van der Waals surface area contributed by atoms with Crippen molar-refractivity contribution in [3.05, 3.63) is 119 Å². The lowest BCUT2D eigenvalue weighted by Gasteiger charge is -2.23. The molecule has 0 aliphatic heterocycles. The molecule has 0 atom stereocenters. The molecular weight excluding hydrogens is 484 g/mol. The standard InChI is InChI=1S/C29H30N4O3S/c1-21-10-8-9-11-25(21)20-32(37(4,35)36)27-16-14-24(15-17-27)29(34)31-30-19-26-18-22(2)33(23(26)3)28-12-6-5-7-13-28/h5-19H,20H2,1-4H3,(H,31,34)/b30-19-. The summed E-state index contributed by atoms with van der Waals surface area (Å²) in [6.07, 6.45) is 2.80. The third-order valence-corrected chi connectivity index (χ3v) is 7.39. The molecule has 0 unspecified atom stereocenters. The number of rotatable bonds is 8. The maximum absolute atomic E-state index is 12.7. The molecule has 4 rings (SSSR count). The summed E-state index contributed by atoms with van der Waals surface area (Å²) >= 11 is 0. The van der Waals surface area contributed by atoms with Crippen molar-refractivity contribution >= 4 is 27.8 Å². The van der Waals surface area contributed by atoms with Gasteiger partial charge in [-0.15, -0.1) is 0 Å². The molecule has 0 spiro atoms. The molecule has 1 amide bonds. The van der Waals surface area contributed by atoms with Crippen LogP contribution in [0.1, 0.15) is 38.4 Å². The summed E-state index contributed by atoms with van der Waals surface area (Å²) in [5.74, 6) is -0.385. The summed E-state index contributed by atoms with van der Waals surface area (Å²) in [6.45, 7) is 6.19. The number of para-hydroxylation sites is 1. The van der Waals surface area contributed by atoms with Crippen molar-refractivity contribution in [2.24, 2.45) is 5.10 Å². The number of hydrazone groups is 1. The second kappa shape index (κ2) is 10.8. The van der Waals surface area contributed by atoms with Crippen molar-refractivity contribution in [3.8, 4) is 5.69 Å². The first-order valence-corrected chi connectivity index (χ1v) is 13.7. The largest absolute Gasteiger partial charge is 0.318 e. The summed E-state index contributed by atoms with van der Waals surface area (Å²) in [5, 5.41) is 4.15. The second-order valence-electron chi connectivity index (χ2n) is 8.94. The van der Waals surface area contributed by atoms with Crippen LogP contribution in [0, 0.1) is 20.8 Å². The van der Waals surface area contributed by atoms with Gasteiger partial charge in [-0.05, 0) is 74.4 Å². The Balaban J connectivity index is 1.47. The van der Waals surface area contributed by atoms with E-state index >= 15 is 0 Å². The number of aromatic nitrogens is 1. The Labute approximate surface area is 218 Å². The molecule has 0 aliphatic rings. The second-order valence-corrected chi connectivity index (χ2v) is 10.8. The number of carbonyl (C=O) groups is 1. The molecule has 37 heavy (non-hydrogen) atoms. The van der Waals surface area contributed by atoms with E-state index in [1.807, 2.05) is 81.4 Å². The number of aryl methyl sites for hydroxylation is 2. The van der Waals surface area contributed by atoms with E-state index in [9.17, 15) is 13.2 Å². The quantitative estimate of drug-likeness (QED) is 0.261. The number of amides is 1. The Morgan fingerprint density at radius 3 is 2.24 bits per heavy atom. The van der Waals surface area contributed by atoms with Crippen molar-refractivity contribution in [1.29, 1.82) is 0 Å². The van der Waals surface area contributed by atoms with E-state index in [0.29, 0.717) is 11.3 Å². The third-order valence-electron chi connectivity index (χ3n) is 6.25. The zero-order valence-electron chi connectivity index (χ0n) is 21.3. The molecule has 1 N–H and O–H groups in total. The topological polar surface area (TPSA) is 83.8 Å². The van der Waals surface area contributed by atoms with Gasteiger partial charge in [-0.25, -0.2) is 13.8 Å². The smallest absolute Gasteiger partial charge is 0.271 e. The van der Waals surface area contributed by atoms with Crippen LogP contribution < -0.4 is 9.73 Å². The summed E-state index contributed by atoms with van der Waals surface area (Å²) in [4.78, 5) is 12.7. The predicted octanol–water partition coefficient (Wildman–Crippen LogP) is 5.13. The van der Waals surface area contributed by atoms with Crippen LogP contribution in [-0.4, -0.2) is 31.4 Å². The normalized spacial score (nSPS) is 11.6. The lowest BCUT2D eigenvalue weighted by molar-refractivity contribution is 0.0955. The average Bonchev–Trinajstić information content (AvgIpc) is 3.16. The van der Waals surface area contributed by atoms with Gasteiger partial charge in [-0.3, -0.25) is 9.10 Å². The molecule has 0 radical (unpaired) electrons. The average molecular weight is 515 g/mol. The fourth-order valence-corrected chi connectivity index (χ4v) is 5.12. The van der Waals surface area contributed by atoms with Crippen LogP contribution in [0.25, 0.3) is 5.69 Å². The number of sulfonamides is 1. The molecular formula is C29H30N4O3S. The van der Waals surface area contributed by atoms with Gasteiger partial charge in [0.05, 0.1) is 24.7 Å². The fourth-order valence-electron chi connectivity index (χ4n) is 4.24. The monoisotopic (exact) mass is 514 g/mol. The lowest BCUT2D eigenvalue weighted by atomic mass is 10.1. The highest BCUT2D eigenvalue weighted by Crippen LogP contribution is 2.23. The zero-order chi connectivity index (χ0) is 26.6. The van der Waals surface area contributed by atoms with Crippen LogP contribution in [0.15, 0.2) is 90.0 Å². The highest BCUT2D eigenvalue weighted by molar-refractivity contribution is 7.92. The first-order valence-electron chi connectivity index (χ1n) is 11.8. The van der Waals surface area contributed by atoms with E-state index in [0.717, 1.165) is 33.8 Å². The fraction of sp³-hybridized carbons (Fsp3) is 0.172. The highest BCUT2D eigenvalue weighted by Gasteiger charge is 2.19. The molecule has 3 aromatic carbocycles. The Morgan fingerprint density at radius 1 is 0.946 bits per heavy atom. The summed E-state index contributed by atoms with van der Waals surface area (Å²) < 4.78 is 28.5. The molecule has 0 aliphatic carbocycles. The van der Waals surface area contributed by atoms with Gasteiger partial charge >= 0.3 is 0 Å². The minimum atomic E-state index is -3.53. The van der Waals surface area contributed by atoms with Crippen LogP contribution >= 0.6 is 0 Å². The number of carbonyl (C=O) groups excluding carboxylic acids is 1. The van der Waals surface area contributed by atoms with E-state index in [-0.39, 0.29) is 12.5 Å². The highest BCUT2D eigenvalue weighted by atomic mass is 32.2. The number of hydrogen-bond acceptors (Lipinski definition) is 4. The van der Waals surface area contributed by atoms with Crippen molar-refractivity contribution in [3.63, 3.8) is 0 Å². The van der Waals surface area contributed by atoms with Crippen molar-refractivity contribution in [2.45, 2.75) is 27.3 Å². The van der Waals surface area contributed by atoms with E-state index in [1.54, 1.807) is 30.5 Å². The van der Waals surface area contributed by atoms with Crippen LogP contribution in [0.5, 0.6) is 0 Å².